The second-order valence-electron chi connectivity index (χ2n) is 10.3. The normalized spacial score (nSPS) is 11.3. The molecule has 0 aliphatic heterocycles. The number of hydrogen-bond acceptors (Lipinski definition) is 4. The van der Waals surface area contributed by atoms with Crippen LogP contribution in [0.1, 0.15) is 107 Å². The number of carbonyl (C=O) groups excluding carboxylic acids is 2. The van der Waals surface area contributed by atoms with Crippen molar-refractivity contribution in [2.45, 2.75) is 103 Å². The van der Waals surface area contributed by atoms with Crippen LogP contribution < -0.4 is 10.0 Å². The van der Waals surface area contributed by atoms with Crippen LogP contribution in [0, 0.1) is 6.92 Å². The molecule has 2 N–H and O–H groups in total. The average Bonchev–Trinajstić information content (AvgIpc) is 2.90. The number of benzene rings is 2. The molecule has 0 fully saturated rings. The number of nitrogens with zero attached hydrogens (tertiary/aromatic N) is 1. The number of nitrogens with one attached hydrogen (secondary N) is 2. The van der Waals surface area contributed by atoms with E-state index in [0.717, 1.165) is 31.2 Å². The van der Waals surface area contributed by atoms with E-state index in [9.17, 15) is 18.0 Å². The minimum absolute atomic E-state index is 0.0154. The fourth-order valence-corrected chi connectivity index (χ4v) is 5.53. The highest BCUT2D eigenvalue weighted by atomic mass is 32.2. The number of aryl methyl sites for hydroxylation is 1. The lowest BCUT2D eigenvalue weighted by molar-refractivity contribution is 0.0749. The summed E-state index contributed by atoms with van der Waals surface area (Å²) in [7, 11) is -4.02. The number of unbranched alkanes of at least 4 members (excludes halogenated alkanes) is 10. The Bertz CT molecular complexity index is 1120. The molecule has 0 aromatic heterocycles. The smallest absolute Gasteiger partial charge is 0.333 e. The van der Waals surface area contributed by atoms with Crippen LogP contribution in [0.15, 0.2) is 53.4 Å². The van der Waals surface area contributed by atoms with Crippen LogP contribution in [0.2, 0.25) is 0 Å². The first-order valence-electron chi connectivity index (χ1n) is 14.6. The minimum atomic E-state index is -4.02. The van der Waals surface area contributed by atoms with Crippen molar-refractivity contribution in [3.05, 3.63) is 59.7 Å². The van der Waals surface area contributed by atoms with Crippen LogP contribution in [0.25, 0.3) is 0 Å². The lowest BCUT2D eigenvalue weighted by atomic mass is 10.1. The summed E-state index contributed by atoms with van der Waals surface area (Å²) in [4.78, 5) is 27.9. The molecule has 8 heteroatoms. The Morgan fingerprint density at radius 1 is 0.744 bits per heavy atom. The number of hydrogen-bond donors (Lipinski definition) is 2. The van der Waals surface area contributed by atoms with E-state index >= 15 is 0 Å². The summed E-state index contributed by atoms with van der Waals surface area (Å²) in [6, 6.07) is 12.1. The number of rotatable bonds is 18. The molecular weight excluding hydrogens is 510 g/mol. The molecule has 0 bridgehead atoms. The average molecular weight is 558 g/mol. The van der Waals surface area contributed by atoms with Gasteiger partial charge in [-0.3, -0.25) is 4.79 Å². The molecule has 0 heterocycles. The van der Waals surface area contributed by atoms with Gasteiger partial charge in [0.1, 0.15) is 0 Å². The maximum atomic E-state index is 13.5. The Hall–Kier alpha value is -2.87. The largest absolute Gasteiger partial charge is 0.339 e. The Balaban J connectivity index is 2.01. The lowest BCUT2D eigenvalue weighted by Crippen LogP contribution is -2.35. The zero-order valence-electron chi connectivity index (χ0n) is 24.0. The number of urea groups is 1. The van der Waals surface area contributed by atoms with E-state index in [4.69, 9.17) is 0 Å². The summed E-state index contributed by atoms with van der Waals surface area (Å²) < 4.78 is 27.2. The van der Waals surface area contributed by atoms with E-state index < -0.39 is 16.1 Å². The molecule has 0 atom stereocenters. The van der Waals surface area contributed by atoms with Gasteiger partial charge >= 0.3 is 6.03 Å². The third kappa shape index (κ3) is 12.2. The first-order valence-corrected chi connectivity index (χ1v) is 16.0. The van der Waals surface area contributed by atoms with Crippen LogP contribution >= 0.6 is 0 Å². The number of anilines is 1. The Kier molecular flexibility index (Phi) is 14.6. The lowest BCUT2D eigenvalue weighted by Gasteiger charge is -2.23. The Morgan fingerprint density at radius 3 is 1.90 bits per heavy atom. The summed E-state index contributed by atoms with van der Waals surface area (Å²) in [5.41, 5.74) is 1.61. The van der Waals surface area contributed by atoms with Crippen LogP contribution in [0.4, 0.5) is 10.5 Å². The monoisotopic (exact) mass is 557 g/mol. The molecule has 216 valence electrons. The van der Waals surface area contributed by atoms with Crippen LogP contribution in [-0.4, -0.2) is 38.3 Å². The van der Waals surface area contributed by atoms with Gasteiger partial charge in [0.15, 0.2) is 0 Å². The standard InChI is InChI=1S/C31H47N3O4S/c1-4-6-8-10-12-14-22-34(23-15-13-11-9-7-5-2)30(35)27-19-17-20-28(25-27)32-31(36)33-39(37,38)29-21-16-18-26(3)24-29/h16-21,24-25H,4-15,22-23H2,1-3H3,(H2,32,33,36). The van der Waals surface area contributed by atoms with Gasteiger partial charge in [-0.15, -0.1) is 0 Å². The molecule has 2 aromatic carbocycles. The van der Waals surface area contributed by atoms with Crippen LogP contribution in [-0.2, 0) is 10.0 Å². The number of carbonyl (C=O) groups is 2. The quantitative estimate of drug-likeness (QED) is 0.184. The summed E-state index contributed by atoms with van der Waals surface area (Å²) in [6.45, 7) is 7.62. The van der Waals surface area contributed by atoms with Gasteiger partial charge in [0.25, 0.3) is 15.9 Å². The Labute approximate surface area is 235 Å². The number of sulfonamides is 1. The molecule has 0 unspecified atom stereocenters. The Morgan fingerprint density at radius 2 is 1.31 bits per heavy atom. The van der Waals surface area contributed by atoms with Gasteiger partial charge < -0.3 is 10.2 Å². The molecule has 2 rings (SSSR count). The summed E-state index contributed by atoms with van der Waals surface area (Å²) in [5, 5.41) is 2.56. The second kappa shape index (κ2) is 17.7. The summed E-state index contributed by atoms with van der Waals surface area (Å²) >= 11 is 0. The molecule has 0 saturated heterocycles. The van der Waals surface area contributed by atoms with Crippen LogP contribution in [0.3, 0.4) is 0 Å². The first-order chi connectivity index (χ1) is 18.8. The highest BCUT2D eigenvalue weighted by Gasteiger charge is 2.19. The van der Waals surface area contributed by atoms with Gasteiger partial charge in [0, 0.05) is 24.3 Å². The van der Waals surface area contributed by atoms with Gasteiger partial charge in [-0.1, -0.05) is 96.3 Å². The van der Waals surface area contributed by atoms with E-state index in [2.05, 4.69) is 19.2 Å². The molecule has 2 aromatic rings. The highest BCUT2D eigenvalue weighted by molar-refractivity contribution is 7.90. The van der Waals surface area contributed by atoms with Gasteiger partial charge in [-0.05, 0) is 55.7 Å². The fourth-order valence-electron chi connectivity index (χ4n) is 4.51. The van der Waals surface area contributed by atoms with E-state index in [1.807, 2.05) is 9.62 Å². The SMILES string of the molecule is CCCCCCCCN(CCCCCCCC)C(=O)c1cccc(NC(=O)NS(=O)(=O)c2cccc(C)c2)c1. The zero-order chi connectivity index (χ0) is 28.5. The minimum Gasteiger partial charge on any atom is -0.339 e. The summed E-state index contributed by atoms with van der Waals surface area (Å²) in [6.07, 6.45) is 13.9. The van der Waals surface area contributed by atoms with Crippen molar-refractivity contribution < 1.29 is 18.0 Å². The highest BCUT2D eigenvalue weighted by Crippen LogP contribution is 2.17. The van der Waals surface area contributed by atoms with E-state index in [0.29, 0.717) is 24.3 Å². The molecule has 0 aliphatic carbocycles. The van der Waals surface area contributed by atoms with Crippen molar-refractivity contribution in [2.24, 2.45) is 0 Å². The van der Waals surface area contributed by atoms with E-state index in [1.165, 1.54) is 63.5 Å². The van der Waals surface area contributed by atoms with Crippen molar-refractivity contribution in [1.29, 1.82) is 0 Å². The maximum Gasteiger partial charge on any atom is 0.333 e. The van der Waals surface area contributed by atoms with Crippen molar-refractivity contribution in [3.8, 4) is 0 Å². The number of amides is 3. The van der Waals surface area contributed by atoms with Crippen molar-refractivity contribution >= 4 is 27.6 Å². The molecule has 0 radical (unpaired) electrons. The van der Waals surface area contributed by atoms with Crippen LogP contribution in [0.5, 0.6) is 0 Å². The van der Waals surface area contributed by atoms with Gasteiger partial charge in [-0.25, -0.2) is 17.9 Å². The molecule has 0 saturated carbocycles. The van der Waals surface area contributed by atoms with E-state index in [-0.39, 0.29) is 10.8 Å². The zero-order valence-corrected chi connectivity index (χ0v) is 24.8. The fraction of sp³-hybridized carbons (Fsp3) is 0.548. The molecule has 39 heavy (non-hydrogen) atoms. The predicted molar refractivity (Wildman–Crippen MR) is 160 cm³/mol. The maximum absolute atomic E-state index is 13.5. The van der Waals surface area contributed by atoms with Crippen molar-refractivity contribution in [2.75, 3.05) is 18.4 Å². The molecule has 0 aliphatic rings. The predicted octanol–water partition coefficient (Wildman–Crippen LogP) is 7.67. The third-order valence-electron chi connectivity index (χ3n) is 6.74. The molecule has 3 amide bonds. The van der Waals surface area contributed by atoms with Gasteiger partial charge in [0.2, 0.25) is 0 Å². The topological polar surface area (TPSA) is 95.6 Å². The second-order valence-corrected chi connectivity index (χ2v) is 12.0. The third-order valence-corrected chi connectivity index (χ3v) is 8.07. The van der Waals surface area contributed by atoms with Gasteiger partial charge in [0.05, 0.1) is 4.90 Å². The first kappa shape index (κ1) is 32.3. The van der Waals surface area contributed by atoms with Crippen molar-refractivity contribution in [3.63, 3.8) is 0 Å². The summed E-state index contributed by atoms with van der Waals surface area (Å²) in [5.74, 6) is -0.0615. The molecular formula is C31H47N3O4S. The van der Waals surface area contributed by atoms with Gasteiger partial charge in [-0.2, -0.15) is 0 Å². The molecule has 7 nitrogen and oxygen atoms in total. The molecule has 0 spiro atoms. The van der Waals surface area contributed by atoms with Crippen molar-refractivity contribution in [1.82, 2.24) is 9.62 Å². The van der Waals surface area contributed by atoms with E-state index in [1.54, 1.807) is 43.3 Å².